The van der Waals surface area contributed by atoms with E-state index in [2.05, 4.69) is 6.92 Å². The number of halogens is 1. The first kappa shape index (κ1) is 19.7. The van der Waals surface area contributed by atoms with E-state index < -0.39 is 0 Å². The lowest BCUT2D eigenvalue weighted by molar-refractivity contribution is -0.127. The molecular weight excluding hydrogens is 396 g/mol. The van der Waals surface area contributed by atoms with Crippen molar-refractivity contribution in [1.82, 2.24) is 0 Å². The predicted molar refractivity (Wildman–Crippen MR) is 119 cm³/mol. The van der Waals surface area contributed by atoms with Gasteiger partial charge in [0.05, 0.1) is 7.11 Å². The molecule has 3 aliphatic rings. The van der Waals surface area contributed by atoms with E-state index in [0.717, 1.165) is 43.2 Å². The van der Waals surface area contributed by atoms with Crippen LogP contribution in [0.2, 0.25) is 5.02 Å². The van der Waals surface area contributed by atoms with Crippen LogP contribution in [0, 0.1) is 17.3 Å². The van der Waals surface area contributed by atoms with Crippen LogP contribution in [0.3, 0.4) is 0 Å². The molecule has 2 aromatic rings. The van der Waals surface area contributed by atoms with Crippen LogP contribution in [0.25, 0.3) is 6.08 Å². The monoisotopic (exact) mass is 422 g/mol. The lowest BCUT2D eigenvalue weighted by Gasteiger charge is -2.48. The molecule has 3 aliphatic carbocycles. The standard InChI is InChI=1S/C26H27ClO3/c1-26-9-8-19-20(7-6-16-13-23(28)24(30-2)14-21(16)19)22(26)12-17(25(26)29)10-15-4-3-5-18(27)11-15/h3-5,10-11,13-14,19-20,22,28H,6-9,12H2,1-2H3/b17-10+/t19-,20+,22-,26-/m0/s1. The minimum atomic E-state index is -0.274. The highest BCUT2D eigenvalue weighted by Gasteiger charge is 2.56. The minimum absolute atomic E-state index is 0.220. The molecule has 30 heavy (non-hydrogen) atoms. The Morgan fingerprint density at radius 2 is 2.07 bits per heavy atom. The second kappa shape index (κ2) is 7.16. The molecule has 156 valence electrons. The lowest BCUT2D eigenvalue weighted by Crippen LogP contribution is -2.42. The van der Waals surface area contributed by atoms with Gasteiger partial charge in [-0.25, -0.2) is 0 Å². The van der Waals surface area contributed by atoms with Gasteiger partial charge < -0.3 is 9.84 Å². The number of allylic oxidation sites excluding steroid dienone is 1. The summed E-state index contributed by atoms with van der Waals surface area (Å²) in [6, 6.07) is 11.6. The van der Waals surface area contributed by atoms with Crippen LogP contribution in [-0.4, -0.2) is 18.0 Å². The van der Waals surface area contributed by atoms with Gasteiger partial charge in [-0.05, 0) is 102 Å². The molecule has 2 aromatic carbocycles. The second-order valence-electron chi connectivity index (χ2n) is 9.35. The van der Waals surface area contributed by atoms with Crippen molar-refractivity contribution in [2.24, 2.45) is 17.3 Å². The summed E-state index contributed by atoms with van der Waals surface area (Å²) in [6.07, 6.45) is 6.82. The van der Waals surface area contributed by atoms with E-state index in [1.807, 2.05) is 42.5 Å². The molecule has 0 bridgehead atoms. The van der Waals surface area contributed by atoms with Gasteiger partial charge >= 0.3 is 0 Å². The highest BCUT2D eigenvalue weighted by molar-refractivity contribution is 6.30. The molecule has 2 fully saturated rings. The number of rotatable bonds is 2. The Morgan fingerprint density at radius 3 is 2.83 bits per heavy atom. The van der Waals surface area contributed by atoms with Crippen LogP contribution in [0.5, 0.6) is 11.5 Å². The normalized spacial score (nSPS) is 31.2. The van der Waals surface area contributed by atoms with Crippen LogP contribution in [0.1, 0.15) is 55.2 Å². The fourth-order valence-electron chi connectivity index (χ4n) is 6.35. The van der Waals surface area contributed by atoms with Gasteiger partial charge in [0.2, 0.25) is 0 Å². The van der Waals surface area contributed by atoms with Gasteiger partial charge in [0.15, 0.2) is 17.3 Å². The summed E-state index contributed by atoms with van der Waals surface area (Å²) < 4.78 is 5.38. The molecule has 1 N–H and O–H groups in total. The van der Waals surface area contributed by atoms with Crippen LogP contribution < -0.4 is 4.74 Å². The molecule has 0 amide bonds. The van der Waals surface area contributed by atoms with Crippen molar-refractivity contribution in [3.8, 4) is 11.5 Å². The zero-order chi connectivity index (χ0) is 21.0. The number of Topliss-reactive ketones (excluding diaryl/α,β-unsaturated/α-hetero) is 1. The number of hydrogen-bond acceptors (Lipinski definition) is 3. The number of phenolic OH excluding ortho intramolecular Hbond substituents is 1. The van der Waals surface area contributed by atoms with E-state index in [-0.39, 0.29) is 11.2 Å². The zero-order valence-electron chi connectivity index (χ0n) is 17.5. The lowest BCUT2D eigenvalue weighted by atomic mass is 9.55. The number of fused-ring (bicyclic) bond motifs is 5. The number of aryl methyl sites for hydroxylation is 1. The Morgan fingerprint density at radius 1 is 1.23 bits per heavy atom. The molecule has 4 heteroatoms. The summed E-state index contributed by atoms with van der Waals surface area (Å²) in [6.45, 7) is 2.18. The number of methoxy groups -OCH3 is 1. The summed E-state index contributed by atoms with van der Waals surface area (Å²) in [7, 11) is 1.60. The van der Waals surface area contributed by atoms with Gasteiger partial charge in [-0.1, -0.05) is 30.7 Å². The Hall–Kier alpha value is -2.26. The topological polar surface area (TPSA) is 46.5 Å². The van der Waals surface area contributed by atoms with E-state index in [1.165, 1.54) is 11.1 Å². The maximum absolute atomic E-state index is 13.5. The third kappa shape index (κ3) is 2.98. The number of ketones is 1. The molecule has 4 atom stereocenters. The van der Waals surface area contributed by atoms with Crippen LogP contribution in [0.4, 0.5) is 0 Å². The molecule has 0 aliphatic heterocycles. The fraction of sp³-hybridized carbons (Fsp3) is 0.423. The predicted octanol–water partition coefficient (Wildman–Crippen LogP) is 6.17. The van der Waals surface area contributed by atoms with E-state index in [1.54, 1.807) is 7.11 Å². The molecule has 2 saturated carbocycles. The van der Waals surface area contributed by atoms with Crippen molar-refractivity contribution >= 4 is 23.5 Å². The van der Waals surface area contributed by atoms with Gasteiger partial charge in [-0.2, -0.15) is 0 Å². The first-order valence-corrected chi connectivity index (χ1v) is 11.2. The number of carbonyl (C=O) groups excluding carboxylic acids is 1. The van der Waals surface area contributed by atoms with E-state index >= 15 is 0 Å². The Kier molecular flexibility index (Phi) is 4.70. The van der Waals surface area contributed by atoms with Gasteiger partial charge in [0.1, 0.15) is 0 Å². The van der Waals surface area contributed by atoms with E-state index in [0.29, 0.717) is 34.3 Å². The first-order chi connectivity index (χ1) is 14.4. The first-order valence-electron chi connectivity index (χ1n) is 10.8. The van der Waals surface area contributed by atoms with Gasteiger partial charge in [0, 0.05) is 10.4 Å². The summed E-state index contributed by atoms with van der Waals surface area (Å²) in [5.41, 5.74) is 4.21. The zero-order valence-corrected chi connectivity index (χ0v) is 18.2. The van der Waals surface area contributed by atoms with Crippen LogP contribution in [-0.2, 0) is 11.2 Å². The average molecular weight is 423 g/mol. The largest absolute Gasteiger partial charge is 0.504 e. The number of phenols is 1. The Labute approximate surface area is 182 Å². The van der Waals surface area contributed by atoms with E-state index in [4.69, 9.17) is 16.3 Å². The third-order valence-corrected chi connectivity index (χ3v) is 8.09. The minimum Gasteiger partial charge on any atom is -0.504 e. The molecule has 0 radical (unpaired) electrons. The Bertz CT molecular complexity index is 1060. The summed E-state index contributed by atoms with van der Waals surface area (Å²) in [4.78, 5) is 13.5. The van der Waals surface area contributed by atoms with Crippen LogP contribution >= 0.6 is 11.6 Å². The number of carbonyl (C=O) groups is 1. The SMILES string of the molecule is COc1cc2c(cc1O)CC[C@@H]1[C@@H]2CC[C@]2(C)C(=O)/C(=C/c3cccc(Cl)c3)C[C@@H]12. The third-order valence-electron chi connectivity index (χ3n) is 7.85. The van der Waals surface area contributed by atoms with Gasteiger partial charge in [-0.15, -0.1) is 0 Å². The second-order valence-corrected chi connectivity index (χ2v) is 9.79. The summed E-state index contributed by atoms with van der Waals surface area (Å²) in [5, 5.41) is 10.9. The molecular formula is C26H27ClO3. The van der Waals surface area contributed by atoms with Gasteiger partial charge in [0.25, 0.3) is 0 Å². The fourth-order valence-corrected chi connectivity index (χ4v) is 6.55. The van der Waals surface area contributed by atoms with Crippen molar-refractivity contribution in [3.63, 3.8) is 0 Å². The highest BCUT2D eigenvalue weighted by atomic mass is 35.5. The van der Waals surface area contributed by atoms with Crippen molar-refractivity contribution in [1.29, 1.82) is 0 Å². The molecule has 3 nitrogen and oxygen atoms in total. The van der Waals surface area contributed by atoms with Gasteiger partial charge in [-0.3, -0.25) is 4.79 Å². The average Bonchev–Trinajstić information content (AvgIpc) is 2.98. The van der Waals surface area contributed by atoms with Crippen LogP contribution in [0.15, 0.2) is 42.0 Å². The number of aromatic hydroxyl groups is 1. The maximum atomic E-state index is 13.5. The molecule has 0 aromatic heterocycles. The number of hydrogen-bond donors (Lipinski definition) is 1. The smallest absolute Gasteiger partial charge is 0.165 e. The quantitative estimate of drug-likeness (QED) is 0.588. The Balaban J connectivity index is 1.50. The van der Waals surface area contributed by atoms with Crippen molar-refractivity contribution in [3.05, 3.63) is 63.7 Å². The summed E-state index contributed by atoms with van der Waals surface area (Å²) in [5.74, 6) is 2.37. The molecule has 0 saturated heterocycles. The van der Waals surface area contributed by atoms with Crippen molar-refractivity contribution in [2.45, 2.75) is 44.9 Å². The molecule has 5 rings (SSSR count). The number of benzene rings is 2. The molecule has 0 spiro atoms. The van der Waals surface area contributed by atoms with Crippen molar-refractivity contribution < 1.29 is 14.6 Å². The van der Waals surface area contributed by atoms with E-state index in [9.17, 15) is 9.90 Å². The highest BCUT2D eigenvalue weighted by Crippen LogP contribution is 2.61. The summed E-state index contributed by atoms with van der Waals surface area (Å²) >= 11 is 6.15. The number of ether oxygens (including phenoxy) is 1. The molecule has 0 unspecified atom stereocenters. The van der Waals surface area contributed by atoms with Crippen molar-refractivity contribution in [2.75, 3.05) is 7.11 Å². The maximum Gasteiger partial charge on any atom is 0.165 e. The molecule has 0 heterocycles.